The molecule has 0 radical (unpaired) electrons. The van der Waals surface area contributed by atoms with E-state index in [2.05, 4.69) is 4.74 Å². The summed E-state index contributed by atoms with van der Waals surface area (Å²) in [7, 11) is 1.00. The van der Waals surface area contributed by atoms with E-state index in [0.717, 1.165) is 7.11 Å². The number of rotatable bonds is 0. The van der Waals surface area contributed by atoms with E-state index >= 15 is 0 Å². The average molecular weight is 152 g/mol. The number of ether oxygens (including phenoxy) is 1. The van der Waals surface area contributed by atoms with Gasteiger partial charge in [0, 0.05) is 7.11 Å². The maximum Gasteiger partial charge on any atom is 0.183 e. The standard InChI is InChI=1S/C4H8O4.CH4O/c5-2-1-8-4(7)3(2)6;1-2/h2-7H,1H2;2H,1H3. The summed E-state index contributed by atoms with van der Waals surface area (Å²) in [5.74, 6) is 0. The molecule has 0 aromatic rings. The van der Waals surface area contributed by atoms with Crippen LogP contribution in [0.1, 0.15) is 0 Å². The molecule has 1 aliphatic rings. The van der Waals surface area contributed by atoms with Crippen LogP contribution in [0.3, 0.4) is 0 Å². The summed E-state index contributed by atoms with van der Waals surface area (Å²) < 4.78 is 4.43. The van der Waals surface area contributed by atoms with Gasteiger partial charge in [0.05, 0.1) is 6.61 Å². The number of aliphatic hydroxyl groups excluding tert-OH is 4. The highest BCUT2D eigenvalue weighted by molar-refractivity contribution is 4.75. The molecule has 0 aromatic carbocycles. The zero-order chi connectivity index (χ0) is 8.15. The first-order valence-corrected chi connectivity index (χ1v) is 2.82. The van der Waals surface area contributed by atoms with Gasteiger partial charge in [-0.05, 0) is 0 Å². The lowest BCUT2D eigenvalue weighted by Crippen LogP contribution is -2.29. The van der Waals surface area contributed by atoms with Gasteiger partial charge in [-0.1, -0.05) is 0 Å². The lowest BCUT2D eigenvalue weighted by Gasteiger charge is -2.06. The molecule has 4 N–H and O–H groups in total. The molecule has 1 rings (SSSR count). The Morgan fingerprint density at radius 3 is 1.80 bits per heavy atom. The molecule has 10 heavy (non-hydrogen) atoms. The minimum atomic E-state index is -1.20. The molecule has 3 atom stereocenters. The largest absolute Gasteiger partial charge is 0.400 e. The fourth-order valence-electron chi connectivity index (χ4n) is 0.584. The molecule has 1 heterocycles. The Hall–Kier alpha value is -0.200. The summed E-state index contributed by atoms with van der Waals surface area (Å²) in [5, 5.41) is 32.8. The molecule has 0 amide bonds. The van der Waals surface area contributed by atoms with Gasteiger partial charge in [-0.15, -0.1) is 0 Å². The van der Waals surface area contributed by atoms with E-state index in [4.69, 9.17) is 20.4 Å². The van der Waals surface area contributed by atoms with E-state index in [0.29, 0.717) is 0 Å². The van der Waals surface area contributed by atoms with Crippen molar-refractivity contribution in [2.24, 2.45) is 0 Å². The molecule has 62 valence electrons. The summed E-state index contributed by atoms with van der Waals surface area (Å²) >= 11 is 0. The number of hydrogen-bond acceptors (Lipinski definition) is 5. The first kappa shape index (κ1) is 9.80. The highest BCUT2D eigenvalue weighted by Crippen LogP contribution is 2.10. The van der Waals surface area contributed by atoms with Gasteiger partial charge >= 0.3 is 0 Å². The molecular formula is C5H12O5. The minimum absolute atomic E-state index is 0.0162. The van der Waals surface area contributed by atoms with Gasteiger partial charge in [0.2, 0.25) is 0 Å². The number of hydrogen-bond donors (Lipinski definition) is 4. The van der Waals surface area contributed by atoms with Crippen LogP contribution in [-0.2, 0) is 4.74 Å². The molecular weight excluding hydrogens is 140 g/mol. The Morgan fingerprint density at radius 1 is 1.20 bits per heavy atom. The van der Waals surface area contributed by atoms with Crippen molar-refractivity contribution in [3.63, 3.8) is 0 Å². The van der Waals surface area contributed by atoms with E-state index in [9.17, 15) is 0 Å². The minimum Gasteiger partial charge on any atom is -0.400 e. The third-order valence-electron chi connectivity index (χ3n) is 1.12. The van der Waals surface area contributed by atoms with Gasteiger partial charge in [-0.2, -0.15) is 0 Å². The molecule has 0 bridgehead atoms. The first-order chi connectivity index (χ1) is 4.72. The van der Waals surface area contributed by atoms with Gasteiger partial charge in [0.15, 0.2) is 6.29 Å². The highest BCUT2D eigenvalue weighted by Gasteiger charge is 2.32. The third kappa shape index (κ3) is 2.20. The van der Waals surface area contributed by atoms with Crippen molar-refractivity contribution < 1.29 is 25.2 Å². The zero-order valence-electron chi connectivity index (χ0n) is 5.64. The summed E-state index contributed by atoms with van der Waals surface area (Å²) in [6.07, 6.45) is -3.26. The third-order valence-corrected chi connectivity index (χ3v) is 1.12. The molecule has 5 nitrogen and oxygen atoms in total. The van der Waals surface area contributed by atoms with E-state index in [1.165, 1.54) is 0 Å². The van der Waals surface area contributed by atoms with Crippen LogP contribution in [0.25, 0.3) is 0 Å². The van der Waals surface area contributed by atoms with Crippen molar-refractivity contribution in [3.05, 3.63) is 0 Å². The second-order valence-electron chi connectivity index (χ2n) is 1.78. The monoisotopic (exact) mass is 152 g/mol. The molecule has 1 fully saturated rings. The Morgan fingerprint density at radius 2 is 1.70 bits per heavy atom. The maximum atomic E-state index is 8.64. The van der Waals surface area contributed by atoms with Crippen LogP contribution in [0.2, 0.25) is 0 Å². The van der Waals surface area contributed by atoms with Crippen molar-refractivity contribution in [3.8, 4) is 0 Å². The maximum absolute atomic E-state index is 8.64. The predicted molar refractivity (Wildman–Crippen MR) is 32.1 cm³/mol. The topological polar surface area (TPSA) is 90.2 Å². The van der Waals surface area contributed by atoms with Gasteiger partial charge < -0.3 is 25.2 Å². The smallest absolute Gasteiger partial charge is 0.183 e. The molecule has 0 saturated carbocycles. The van der Waals surface area contributed by atoms with Crippen molar-refractivity contribution >= 4 is 0 Å². The van der Waals surface area contributed by atoms with Crippen LogP contribution in [0.4, 0.5) is 0 Å². The fourth-order valence-corrected chi connectivity index (χ4v) is 0.584. The molecule has 1 aliphatic heterocycles. The number of aliphatic hydroxyl groups is 4. The molecule has 0 spiro atoms. The van der Waals surface area contributed by atoms with E-state index in [1.54, 1.807) is 0 Å². The van der Waals surface area contributed by atoms with Crippen LogP contribution in [0, 0.1) is 0 Å². The first-order valence-electron chi connectivity index (χ1n) is 2.82. The van der Waals surface area contributed by atoms with Gasteiger partial charge in [0.25, 0.3) is 0 Å². The van der Waals surface area contributed by atoms with Gasteiger partial charge in [-0.25, -0.2) is 0 Å². The van der Waals surface area contributed by atoms with Crippen LogP contribution < -0.4 is 0 Å². The van der Waals surface area contributed by atoms with E-state index in [-0.39, 0.29) is 6.61 Å². The Kier molecular flexibility index (Phi) is 4.50. The summed E-state index contributed by atoms with van der Waals surface area (Å²) in [6.45, 7) is 0.0162. The van der Waals surface area contributed by atoms with Crippen molar-refractivity contribution in [2.75, 3.05) is 13.7 Å². The Balaban J connectivity index is 0.000000371. The molecule has 1 saturated heterocycles. The van der Waals surface area contributed by atoms with E-state index in [1.807, 2.05) is 0 Å². The average Bonchev–Trinajstić information content (AvgIpc) is 2.25. The highest BCUT2D eigenvalue weighted by atomic mass is 16.6. The van der Waals surface area contributed by atoms with Crippen LogP contribution in [0.15, 0.2) is 0 Å². The van der Waals surface area contributed by atoms with Crippen LogP contribution in [-0.4, -0.2) is 52.6 Å². The second kappa shape index (κ2) is 4.59. The Bertz CT molecular complexity index is 76.1. The zero-order valence-corrected chi connectivity index (χ0v) is 5.64. The van der Waals surface area contributed by atoms with Crippen molar-refractivity contribution in [1.29, 1.82) is 0 Å². The van der Waals surface area contributed by atoms with Crippen molar-refractivity contribution in [2.45, 2.75) is 18.5 Å². The quantitative estimate of drug-likeness (QED) is 0.312. The molecule has 3 unspecified atom stereocenters. The van der Waals surface area contributed by atoms with Gasteiger partial charge in [0.1, 0.15) is 12.2 Å². The molecule has 0 aromatic heterocycles. The van der Waals surface area contributed by atoms with Gasteiger partial charge in [-0.3, -0.25) is 0 Å². The normalized spacial score (nSPS) is 38.7. The van der Waals surface area contributed by atoms with Crippen LogP contribution >= 0.6 is 0 Å². The summed E-state index contributed by atoms with van der Waals surface area (Å²) in [4.78, 5) is 0. The predicted octanol–water partition coefficient (Wildman–Crippen LogP) is -2.33. The van der Waals surface area contributed by atoms with Crippen molar-refractivity contribution in [1.82, 2.24) is 0 Å². The lowest BCUT2D eigenvalue weighted by molar-refractivity contribution is -0.111. The Labute approximate surface area is 58.5 Å². The summed E-state index contributed by atoms with van der Waals surface area (Å²) in [5.41, 5.74) is 0. The molecule has 5 heteroatoms. The second-order valence-corrected chi connectivity index (χ2v) is 1.78. The fraction of sp³-hybridized carbons (Fsp3) is 1.00. The molecule has 0 aliphatic carbocycles. The SMILES string of the molecule is CO.OC1COC(O)C1O. The summed E-state index contributed by atoms with van der Waals surface area (Å²) in [6, 6.07) is 0. The van der Waals surface area contributed by atoms with Crippen LogP contribution in [0.5, 0.6) is 0 Å². The lowest BCUT2D eigenvalue weighted by atomic mass is 10.2. The van der Waals surface area contributed by atoms with E-state index < -0.39 is 18.5 Å².